The average molecular weight is 251 g/mol. The fourth-order valence-electron chi connectivity index (χ4n) is 1.87. The normalized spacial score (nSPS) is 19.8. The number of hydrogen-bond donors (Lipinski definition) is 2. The van der Waals surface area contributed by atoms with E-state index in [-0.39, 0.29) is 11.5 Å². The predicted octanol–water partition coefficient (Wildman–Crippen LogP) is 0.619. The number of rotatable bonds is 2. The van der Waals surface area contributed by atoms with Crippen LogP contribution in [-0.2, 0) is 4.79 Å². The summed E-state index contributed by atoms with van der Waals surface area (Å²) < 4.78 is 13.3. The van der Waals surface area contributed by atoms with Gasteiger partial charge in [0.25, 0.3) is 5.91 Å². The Kier molecular flexibility index (Phi) is 3.86. The van der Waals surface area contributed by atoms with Gasteiger partial charge in [0.15, 0.2) is 0 Å². The van der Waals surface area contributed by atoms with Crippen LogP contribution in [0.3, 0.4) is 0 Å². The van der Waals surface area contributed by atoms with Gasteiger partial charge in [-0.25, -0.2) is 4.98 Å². The Bertz CT molecular complexity index is 464. The monoisotopic (exact) mass is 251 g/mol. The quantitative estimate of drug-likeness (QED) is 0.757. The highest BCUT2D eigenvalue weighted by Crippen LogP contribution is 2.08. The van der Waals surface area contributed by atoms with Crippen LogP contribution < -0.4 is 10.6 Å². The molecule has 5 nitrogen and oxygen atoms in total. The molecule has 1 saturated heterocycles. The maximum absolute atomic E-state index is 13.3. The second-order valence-corrected chi connectivity index (χ2v) is 4.15. The van der Waals surface area contributed by atoms with Gasteiger partial charge in [-0.15, -0.1) is 0 Å². The summed E-state index contributed by atoms with van der Waals surface area (Å²) in [6, 6.07) is 2.22. The molecular formula is C12H14FN3O2. The number of nitrogens with zero attached hydrogens (tertiary/aromatic N) is 1. The predicted molar refractivity (Wildman–Crippen MR) is 62.3 cm³/mol. The first kappa shape index (κ1) is 12.5. The molecule has 2 amide bonds. The molecule has 0 radical (unpaired) electrons. The van der Waals surface area contributed by atoms with Crippen molar-refractivity contribution in [1.29, 1.82) is 0 Å². The van der Waals surface area contributed by atoms with Crippen molar-refractivity contribution in [3.63, 3.8) is 0 Å². The van der Waals surface area contributed by atoms with Gasteiger partial charge >= 0.3 is 0 Å². The molecule has 0 aliphatic carbocycles. The van der Waals surface area contributed by atoms with E-state index in [1.165, 1.54) is 18.3 Å². The van der Waals surface area contributed by atoms with E-state index in [4.69, 9.17) is 0 Å². The van der Waals surface area contributed by atoms with Gasteiger partial charge < -0.3 is 10.6 Å². The second-order valence-electron chi connectivity index (χ2n) is 4.15. The van der Waals surface area contributed by atoms with Gasteiger partial charge in [0.1, 0.15) is 6.04 Å². The molecule has 6 heteroatoms. The van der Waals surface area contributed by atoms with Gasteiger partial charge in [-0.3, -0.25) is 9.59 Å². The molecule has 2 N–H and O–H groups in total. The van der Waals surface area contributed by atoms with E-state index in [1.807, 2.05) is 0 Å². The van der Waals surface area contributed by atoms with E-state index in [2.05, 4.69) is 15.6 Å². The number of carbonyl (C=O) groups excluding carboxylic acids is 2. The van der Waals surface area contributed by atoms with Crippen LogP contribution in [0.15, 0.2) is 18.3 Å². The van der Waals surface area contributed by atoms with Crippen molar-refractivity contribution in [2.75, 3.05) is 6.54 Å². The molecule has 0 saturated carbocycles. The molecule has 2 heterocycles. The lowest BCUT2D eigenvalue weighted by Gasteiger charge is -2.15. The molecule has 1 aliphatic rings. The number of carbonyl (C=O) groups is 2. The van der Waals surface area contributed by atoms with Crippen LogP contribution in [0.4, 0.5) is 4.39 Å². The minimum atomic E-state index is -0.830. The highest BCUT2D eigenvalue weighted by atomic mass is 19.1. The zero-order chi connectivity index (χ0) is 13.0. The van der Waals surface area contributed by atoms with Crippen molar-refractivity contribution in [3.05, 3.63) is 29.8 Å². The summed E-state index contributed by atoms with van der Waals surface area (Å²) in [6.45, 7) is 0.618. The van der Waals surface area contributed by atoms with Gasteiger partial charge in [-0.05, 0) is 31.4 Å². The van der Waals surface area contributed by atoms with Crippen LogP contribution in [0.1, 0.15) is 29.6 Å². The Morgan fingerprint density at radius 1 is 1.50 bits per heavy atom. The Morgan fingerprint density at radius 2 is 2.33 bits per heavy atom. The molecule has 96 valence electrons. The van der Waals surface area contributed by atoms with E-state index in [0.717, 1.165) is 12.8 Å². The van der Waals surface area contributed by atoms with Crippen molar-refractivity contribution in [3.8, 4) is 0 Å². The molecule has 0 spiro atoms. The lowest BCUT2D eigenvalue weighted by atomic mass is 10.1. The van der Waals surface area contributed by atoms with Crippen LogP contribution in [0.2, 0.25) is 0 Å². The summed E-state index contributed by atoms with van der Waals surface area (Å²) in [5.41, 5.74) is -0.144. The summed E-state index contributed by atoms with van der Waals surface area (Å²) >= 11 is 0. The molecule has 1 aliphatic heterocycles. The molecule has 1 unspecified atom stereocenters. The third-order valence-electron chi connectivity index (χ3n) is 2.84. The zero-order valence-electron chi connectivity index (χ0n) is 9.78. The zero-order valence-corrected chi connectivity index (χ0v) is 9.78. The van der Waals surface area contributed by atoms with E-state index in [9.17, 15) is 14.0 Å². The first-order valence-electron chi connectivity index (χ1n) is 5.87. The SMILES string of the molecule is O=C(NC1CCCCNC1=O)c1cccnc1F. The lowest BCUT2D eigenvalue weighted by molar-refractivity contribution is -0.122. The van der Waals surface area contributed by atoms with Crippen LogP contribution in [0.5, 0.6) is 0 Å². The Labute approximate surface area is 104 Å². The van der Waals surface area contributed by atoms with Crippen molar-refractivity contribution in [2.24, 2.45) is 0 Å². The van der Waals surface area contributed by atoms with Crippen LogP contribution in [0.25, 0.3) is 0 Å². The molecule has 1 aromatic heterocycles. The number of hydrogen-bond acceptors (Lipinski definition) is 3. The molecule has 1 atom stereocenters. The molecule has 1 fully saturated rings. The van der Waals surface area contributed by atoms with Gasteiger partial charge in [0, 0.05) is 12.7 Å². The second kappa shape index (κ2) is 5.57. The van der Waals surface area contributed by atoms with Crippen molar-refractivity contribution in [2.45, 2.75) is 25.3 Å². The van der Waals surface area contributed by atoms with Crippen LogP contribution in [-0.4, -0.2) is 29.4 Å². The minimum Gasteiger partial charge on any atom is -0.354 e. The number of aromatic nitrogens is 1. The van der Waals surface area contributed by atoms with E-state index in [1.54, 1.807) is 0 Å². The van der Waals surface area contributed by atoms with Crippen molar-refractivity contribution < 1.29 is 14.0 Å². The Balaban J connectivity index is 2.06. The number of halogens is 1. The van der Waals surface area contributed by atoms with E-state index < -0.39 is 17.9 Å². The molecule has 0 aromatic carbocycles. The number of pyridine rings is 1. The van der Waals surface area contributed by atoms with E-state index >= 15 is 0 Å². The highest BCUT2D eigenvalue weighted by molar-refractivity contribution is 5.97. The minimum absolute atomic E-state index is 0.144. The fourth-order valence-corrected chi connectivity index (χ4v) is 1.87. The average Bonchev–Trinajstić information content (AvgIpc) is 2.55. The third kappa shape index (κ3) is 2.82. The highest BCUT2D eigenvalue weighted by Gasteiger charge is 2.24. The first-order chi connectivity index (χ1) is 8.68. The Morgan fingerprint density at radius 3 is 3.11 bits per heavy atom. The first-order valence-corrected chi connectivity index (χ1v) is 5.87. The van der Waals surface area contributed by atoms with Gasteiger partial charge in [-0.2, -0.15) is 4.39 Å². The summed E-state index contributed by atoms with van der Waals surface area (Å²) in [5.74, 6) is -1.66. The molecule has 18 heavy (non-hydrogen) atoms. The maximum atomic E-state index is 13.3. The smallest absolute Gasteiger partial charge is 0.256 e. The fraction of sp³-hybridized carbons (Fsp3) is 0.417. The van der Waals surface area contributed by atoms with E-state index in [0.29, 0.717) is 13.0 Å². The van der Waals surface area contributed by atoms with Crippen molar-refractivity contribution in [1.82, 2.24) is 15.6 Å². The maximum Gasteiger partial charge on any atom is 0.256 e. The topological polar surface area (TPSA) is 71.1 Å². The largest absolute Gasteiger partial charge is 0.354 e. The number of amides is 2. The van der Waals surface area contributed by atoms with Gasteiger partial charge in [0.05, 0.1) is 5.56 Å². The molecular weight excluding hydrogens is 237 g/mol. The summed E-state index contributed by atoms with van der Waals surface area (Å²) in [5, 5.41) is 5.24. The lowest BCUT2D eigenvalue weighted by Crippen LogP contribution is -2.45. The molecule has 0 bridgehead atoms. The summed E-state index contributed by atoms with van der Waals surface area (Å²) in [4.78, 5) is 26.9. The van der Waals surface area contributed by atoms with Crippen LogP contribution in [0, 0.1) is 5.95 Å². The van der Waals surface area contributed by atoms with Crippen LogP contribution >= 0.6 is 0 Å². The van der Waals surface area contributed by atoms with Gasteiger partial charge in [-0.1, -0.05) is 0 Å². The summed E-state index contributed by atoms with van der Waals surface area (Å²) in [6.07, 6.45) is 3.57. The molecule has 2 rings (SSSR count). The Hall–Kier alpha value is -1.98. The van der Waals surface area contributed by atoms with Gasteiger partial charge in [0.2, 0.25) is 11.9 Å². The summed E-state index contributed by atoms with van der Waals surface area (Å²) in [7, 11) is 0. The molecule has 1 aromatic rings. The third-order valence-corrected chi connectivity index (χ3v) is 2.84. The standard InChI is InChI=1S/C12H14FN3O2/c13-10-8(4-3-7-14-10)11(17)16-9-5-1-2-6-15-12(9)18/h3-4,7,9H,1-2,5-6H2,(H,15,18)(H,16,17). The number of nitrogens with one attached hydrogen (secondary N) is 2. The van der Waals surface area contributed by atoms with Crippen molar-refractivity contribution >= 4 is 11.8 Å².